The lowest BCUT2D eigenvalue weighted by atomic mass is 10.1. The maximum atomic E-state index is 12.2. The summed E-state index contributed by atoms with van der Waals surface area (Å²) in [6.45, 7) is 1.91. The molecule has 0 aliphatic heterocycles. The number of pyridine rings is 1. The van der Waals surface area contributed by atoms with Crippen molar-refractivity contribution < 1.29 is 9.59 Å². The normalized spacial score (nSPS) is 13.4. The summed E-state index contributed by atoms with van der Waals surface area (Å²) in [5.41, 5.74) is 2.18. The minimum Gasteiger partial charge on any atom is -0.349 e. The highest BCUT2D eigenvalue weighted by atomic mass is 32.2. The van der Waals surface area contributed by atoms with Crippen molar-refractivity contribution in [1.29, 1.82) is 0 Å². The number of nitrogens with one attached hydrogen (secondary N) is 2. The van der Waals surface area contributed by atoms with Crippen molar-refractivity contribution in [3.05, 3.63) is 53.9 Å². The molecule has 0 spiro atoms. The molecule has 1 fully saturated rings. The van der Waals surface area contributed by atoms with E-state index in [0.29, 0.717) is 23.0 Å². The first kappa shape index (κ1) is 16.5. The molecular weight excluding hydrogens is 322 g/mol. The molecule has 24 heavy (non-hydrogen) atoms. The number of aryl methyl sites for hydroxylation is 1. The second kappa shape index (κ2) is 7.49. The Hall–Kier alpha value is -2.34. The van der Waals surface area contributed by atoms with E-state index in [0.717, 1.165) is 23.3 Å². The molecule has 5 nitrogen and oxygen atoms in total. The third-order valence-electron chi connectivity index (χ3n) is 3.71. The van der Waals surface area contributed by atoms with Crippen LogP contribution in [0.5, 0.6) is 0 Å². The number of aromatic nitrogens is 1. The topological polar surface area (TPSA) is 71.1 Å². The van der Waals surface area contributed by atoms with Crippen LogP contribution >= 0.6 is 11.8 Å². The van der Waals surface area contributed by atoms with Crippen LogP contribution in [0.1, 0.15) is 28.8 Å². The van der Waals surface area contributed by atoms with Crippen LogP contribution in [-0.2, 0) is 4.79 Å². The molecule has 0 saturated heterocycles. The highest BCUT2D eigenvalue weighted by Gasteiger charge is 2.24. The maximum Gasteiger partial charge on any atom is 0.251 e. The number of carbonyl (C=O) groups excluding carboxylic acids is 2. The van der Waals surface area contributed by atoms with Crippen molar-refractivity contribution >= 4 is 29.3 Å². The van der Waals surface area contributed by atoms with E-state index in [1.807, 2.05) is 25.1 Å². The Labute approximate surface area is 145 Å². The van der Waals surface area contributed by atoms with Crippen molar-refractivity contribution in [2.45, 2.75) is 30.7 Å². The molecule has 124 valence electrons. The Balaban J connectivity index is 1.60. The zero-order valence-corrected chi connectivity index (χ0v) is 14.2. The summed E-state index contributed by atoms with van der Waals surface area (Å²) >= 11 is 1.45. The number of thioether (sulfide) groups is 1. The Bertz CT molecular complexity index is 745. The molecule has 1 aliphatic rings. The van der Waals surface area contributed by atoms with E-state index >= 15 is 0 Å². The smallest absolute Gasteiger partial charge is 0.251 e. The molecule has 1 aromatic carbocycles. The number of amides is 2. The summed E-state index contributed by atoms with van der Waals surface area (Å²) in [5.74, 6) is 0.126. The Kier molecular flexibility index (Phi) is 5.15. The van der Waals surface area contributed by atoms with E-state index in [9.17, 15) is 9.59 Å². The summed E-state index contributed by atoms with van der Waals surface area (Å²) in [5, 5.41) is 5.84. The molecular formula is C18H19N3O2S. The third-order valence-corrected chi connectivity index (χ3v) is 4.72. The minimum absolute atomic E-state index is 0.0841. The fourth-order valence-electron chi connectivity index (χ4n) is 2.16. The average Bonchev–Trinajstić information content (AvgIpc) is 3.40. The van der Waals surface area contributed by atoms with Crippen molar-refractivity contribution in [2.24, 2.45) is 0 Å². The lowest BCUT2D eigenvalue weighted by Crippen LogP contribution is -2.25. The molecule has 6 heteroatoms. The molecule has 0 radical (unpaired) electrons. The molecule has 1 heterocycles. The van der Waals surface area contributed by atoms with Gasteiger partial charge in [-0.15, -0.1) is 11.8 Å². The molecule has 1 saturated carbocycles. The summed E-state index contributed by atoms with van der Waals surface area (Å²) in [4.78, 5) is 29.2. The highest BCUT2D eigenvalue weighted by molar-refractivity contribution is 8.00. The molecule has 0 atom stereocenters. The SMILES string of the molecule is Cc1ccc(C(=O)NC2CC2)cc1NC(=O)CSc1ccncc1. The van der Waals surface area contributed by atoms with E-state index < -0.39 is 0 Å². The van der Waals surface area contributed by atoms with Crippen LogP contribution in [0.4, 0.5) is 5.69 Å². The van der Waals surface area contributed by atoms with Gasteiger partial charge in [0.1, 0.15) is 0 Å². The monoisotopic (exact) mass is 341 g/mol. The van der Waals surface area contributed by atoms with Gasteiger partial charge in [-0.25, -0.2) is 0 Å². The van der Waals surface area contributed by atoms with E-state index in [4.69, 9.17) is 0 Å². The summed E-state index contributed by atoms with van der Waals surface area (Å²) in [6.07, 6.45) is 5.50. The van der Waals surface area contributed by atoms with Crippen LogP contribution in [-0.4, -0.2) is 28.6 Å². The number of benzene rings is 1. The van der Waals surface area contributed by atoms with E-state index in [-0.39, 0.29) is 11.8 Å². The van der Waals surface area contributed by atoms with Gasteiger partial charge in [0.05, 0.1) is 5.75 Å². The summed E-state index contributed by atoms with van der Waals surface area (Å²) in [6, 6.07) is 9.43. The molecule has 2 N–H and O–H groups in total. The fourth-order valence-corrected chi connectivity index (χ4v) is 2.85. The number of carbonyl (C=O) groups is 2. The van der Waals surface area contributed by atoms with Gasteiger partial charge in [0, 0.05) is 34.6 Å². The van der Waals surface area contributed by atoms with Crippen LogP contribution in [0.3, 0.4) is 0 Å². The van der Waals surface area contributed by atoms with Crippen molar-refractivity contribution in [1.82, 2.24) is 10.3 Å². The van der Waals surface area contributed by atoms with Crippen LogP contribution in [0.15, 0.2) is 47.6 Å². The molecule has 0 bridgehead atoms. The predicted molar refractivity (Wildman–Crippen MR) is 95.3 cm³/mol. The third kappa shape index (κ3) is 4.58. The van der Waals surface area contributed by atoms with Gasteiger partial charge in [-0.1, -0.05) is 6.07 Å². The Morgan fingerprint density at radius 3 is 2.67 bits per heavy atom. The van der Waals surface area contributed by atoms with E-state index in [1.54, 1.807) is 24.5 Å². The quantitative estimate of drug-likeness (QED) is 0.792. The zero-order chi connectivity index (χ0) is 16.9. The zero-order valence-electron chi connectivity index (χ0n) is 13.4. The van der Waals surface area contributed by atoms with Gasteiger partial charge >= 0.3 is 0 Å². The van der Waals surface area contributed by atoms with E-state index in [2.05, 4.69) is 15.6 Å². The van der Waals surface area contributed by atoms with Crippen LogP contribution in [0.2, 0.25) is 0 Å². The maximum absolute atomic E-state index is 12.2. The predicted octanol–water partition coefficient (Wildman–Crippen LogP) is 3.01. The first-order valence-corrected chi connectivity index (χ1v) is 8.84. The molecule has 1 aromatic heterocycles. The fraction of sp³-hybridized carbons (Fsp3) is 0.278. The molecule has 0 unspecified atom stereocenters. The molecule has 2 aromatic rings. The largest absolute Gasteiger partial charge is 0.349 e. The van der Waals surface area contributed by atoms with Gasteiger partial charge < -0.3 is 10.6 Å². The van der Waals surface area contributed by atoms with Gasteiger partial charge in [0.25, 0.3) is 5.91 Å². The summed E-state index contributed by atoms with van der Waals surface area (Å²) < 4.78 is 0. The average molecular weight is 341 g/mol. The Morgan fingerprint density at radius 2 is 1.96 bits per heavy atom. The second-order valence-electron chi connectivity index (χ2n) is 5.80. The second-order valence-corrected chi connectivity index (χ2v) is 6.85. The Morgan fingerprint density at radius 1 is 1.21 bits per heavy atom. The number of hydrogen-bond acceptors (Lipinski definition) is 4. The van der Waals surface area contributed by atoms with Crippen LogP contribution < -0.4 is 10.6 Å². The minimum atomic E-state index is -0.0975. The van der Waals surface area contributed by atoms with Crippen molar-refractivity contribution in [3.63, 3.8) is 0 Å². The van der Waals surface area contributed by atoms with Gasteiger partial charge in [-0.2, -0.15) is 0 Å². The summed E-state index contributed by atoms with van der Waals surface area (Å²) in [7, 11) is 0. The van der Waals surface area contributed by atoms with Gasteiger partial charge in [-0.05, 0) is 49.6 Å². The number of nitrogens with zero attached hydrogens (tertiary/aromatic N) is 1. The molecule has 3 rings (SSSR count). The molecule has 2 amide bonds. The lowest BCUT2D eigenvalue weighted by Gasteiger charge is -2.11. The van der Waals surface area contributed by atoms with Crippen LogP contribution in [0.25, 0.3) is 0 Å². The van der Waals surface area contributed by atoms with Gasteiger partial charge in [-0.3, -0.25) is 14.6 Å². The first-order chi connectivity index (χ1) is 11.6. The number of hydrogen-bond donors (Lipinski definition) is 2. The lowest BCUT2D eigenvalue weighted by molar-refractivity contribution is -0.113. The molecule has 1 aliphatic carbocycles. The van der Waals surface area contributed by atoms with E-state index in [1.165, 1.54) is 11.8 Å². The standard InChI is InChI=1S/C18H19N3O2S/c1-12-2-3-13(18(23)20-14-4-5-14)10-16(12)21-17(22)11-24-15-6-8-19-9-7-15/h2-3,6-10,14H,4-5,11H2,1H3,(H,20,23)(H,21,22). The van der Waals surface area contributed by atoms with Crippen molar-refractivity contribution in [2.75, 3.05) is 11.1 Å². The van der Waals surface area contributed by atoms with Crippen molar-refractivity contribution in [3.8, 4) is 0 Å². The first-order valence-electron chi connectivity index (χ1n) is 7.86. The number of rotatable bonds is 6. The highest BCUT2D eigenvalue weighted by Crippen LogP contribution is 2.22. The van der Waals surface area contributed by atoms with Crippen LogP contribution in [0, 0.1) is 6.92 Å². The van der Waals surface area contributed by atoms with Gasteiger partial charge in [0.2, 0.25) is 5.91 Å². The number of anilines is 1. The van der Waals surface area contributed by atoms with Gasteiger partial charge in [0.15, 0.2) is 0 Å².